The number of aliphatic hydroxyl groups is 2. The van der Waals surface area contributed by atoms with Gasteiger partial charge in [0, 0.05) is 31.4 Å². The SMILES string of the molecule is CNc1nc([C@@H]2c3ccccc3CN2C(=O)[C@H](O)[C@@H](O)C(=O)N[C@H](C)c2ccc(-n3cccn3)cc2)cs1. The van der Waals surface area contributed by atoms with Crippen molar-refractivity contribution in [1.82, 2.24) is 25.0 Å². The van der Waals surface area contributed by atoms with E-state index in [4.69, 9.17) is 0 Å². The molecule has 2 aromatic carbocycles. The van der Waals surface area contributed by atoms with Crippen LogP contribution in [0.4, 0.5) is 5.13 Å². The highest BCUT2D eigenvalue weighted by atomic mass is 32.1. The first-order valence-corrected chi connectivity index (χ1v) is 13.0. The number of anilines is 1. The fourth-order valence-electron chi connectivity index (χ4n) is 4.61. The van der Waals surface area contributed by atoms with E-state index in [-0.39, 0.29) is 6.54 Å². The van der Waals surface area contributed by atoms with E-state index in [9.17, 15) is 19.8 Å². The van der Waals surface area contributed by atoms with Gasteiger partial charge in [0.2, 0.25) is 0 Å². The Morgan fingerprint density at radius 2 is 1.84 bits per heavy atom. The van der Waals surface area contributed by atoms with Crippen LogP contribution in [-0.4, -0.2) is 60.9 Å². The van der Waals surface area contributed by atoms with E-state index in [1.165, 1.54) is 16.2 Å². The summed E-state index contributed by atoms with van der Waals surface area (Å²) < 4.78 is 1.72. The Morgan fingerprint density at radius 3 is 2.53 bits per heavy atom. The van der Waals surface area contributed by atoms with Crippen LogP contribution in [0.5, 0.6) is 0 Å². The maximum absolute atomic E-state index is 13.4. The Kier molecular flexibility index (Phi) is 7.23. The molecule has 0 bridgehead atoms. The number of amides is 2. The lowest BCUT2D eigenvalue weighted by atomic mass is 10.0. The Labute approximate surface area is 223 Å². The summed E-state index contributed by atoms with van der Waals surface area (Å²) in [4.78, 5) is 32.3. The molecule has 0 radical (unpaired) electrons. The molecule has 4 N–H and O–H groups in total. The smallest absolute Gasteiger partial charge is 0.255 e. The van der Waals surface area contributed by atoms with Crippen LogP contribution in [0.2, 0.25) is 0 Å². The van der Waals surface area contributed by atoms with Crippen LogP contribution in [0.15, 0.2) is 72.4 Å². The summed E-state index contributed by atoms with van der Waals surface area (Å²) in [6.45, 7) is 1.99. The first-order chi connectivity index (χ1) is 18.4. The van der Waals surface area contributed by atoms with Gasteiger partial charge in [0.15, 0.2) is 17.3 Å². The highest BCUT2D eigenvalue weighted by molar-refractivity contribution is 7.13. The number of carbonyl (C=O) groups excluding carboxylic acids is 2. The summed E-state index contributed by atoms with van der Waals surface area (Å²) in [5.41, 5.74) is 4.12. The second-order valence-electron chi connectivity index (χ2n) is 9.06. The zero-order chi connectivity index (χ0) is 26.8. The third kappa shape index (κ3) is 4.91. The van der Waals surface area contributed by atoms with Crippen molar-refractivity contribution in [2.24, 2.45) is 0 Å². The van der Waals surface area contributed by atoms with E-state index in [1.54, 1.807) is 24.9 Å². The lowest BCUT2D eigenvalue weighted by Crippen LogP contribution is -2.50. The molecule has 5 rings (SSSR count). The van der Waals surface area contributed by atoms with E-state index < -0.39 is 36.1 Å². The van der Waals surface area contributed by atoms with Crippen LogP contribution < -0.4 is 10.6 Å². The first kappa shape index (κ1) is 25.6. The molecule has 38 heavy (non-hydrogen) atoms. The highest BCUT2D eigenvalue weighted by Gasteiger charge is 2.41. The number of benzene rings is 2. The Morgan fingerprint density at radius 1 is 1.08 bits per heavy atom. The summed E-state index contributed by atoms with van der Waals surface area (Å²) in [6.07, 6.45) is -0.374. The normalized spacial score (nSPS) is 16.9. The van der Waals surface area contributed by atoms with E-state index in [0.717, 1.165) is 22.4 Å². The highest BCUT2D eigenvalue weighted by Crippen LogP contribution is 2.39. The van der Waals surface area contributed by atoms with Crippen molar-refractivity contribution in [1.29, 1.82) is 0 Å². The second kappa shape index (κ2) is 10.7. The summed E-state index contributed by atoms with van der Waals surface area (Å²) in [6, 6.07) is 15.8. The predicted octanol–water partition coefficient (Wildman–Crippen LogP) is 2.40. The lowest BCUT2D eigenvalue weighted by molar-refractivity contribution is -0.154. The monoisotopic (exact) mass is 532 g/mol. The minimum atomic E-state index is -1.94. The van der Waals surface area contributed by atoms with E-state index in [0.29, 0.717) is 10.8 Å². The number of hydrogen-bond donors (Lipinski definition) is 4. The molecule has 2 aromatic heterocycles. The van der Waals surface area contributed by atoms with Gasteiger partial charge in [-0.15, -0.1) is 11.3 Å². The quantitative estimate of drug-likeness (QED) is 0.274. The second-order valence-corrected chi connectivity index (χ2v) is 9.92. The van der Waals surface area contributed by atoms with E-state index in [1.807, 2.05) is 66.2 Å². The maximum atomic E-state index is 13.4. The molecule has 1 aliphatic rings. The molecule has 4 atom stereocenters. The Hall–Kier alpha value is -4.06. The van der Waals surface area contributed by atoms with Gasteiger partial charge in [-0.05, 0) is 41.8 Å². The van der Waals surface area contributed by atoms with Crippen molar-refractivity contribution in [3.05, 3.63) is 94.8 Å². The average molecular weight is 533 g/mol. The number of nitrogens with one attached hydrogen (secondary N) is 2. The van der Waals surface area contributed by atoms with Gasteiger partial charge in [-0.25, -0.2) is 9.67 Å². The molecule has 0 saturated heterocycles. The van der Waals surface area contributed by atoms with Gasteiger partial charge in [-0.2, -0.15) is 5.10 Å². The molecule has 4 aromatic rings. The Bertz CT molecular complexity index is 1420. The largest absolute Gasteiger partial charge is 0.380 e. The number of carbonyl (C=O) groups is 2. The molecule has 196 valence electrons. The molecule has 10 nitrogen and oxygen atoms in total. The fourth-order valence-corrected chi connectivity index (χ4v) is 5.30. The van der Waals surface area contributed by atoms with Gasteiger partial charge < -0.3 is 25.7 Å². The number of hydrogen-bond acceptors (Lipinski definition) is 8. The van der Waals surface area contributed by atoms with Gasteiger partial charge in [-0.3, -0.25) is 9.59 Å². The van der Waals surface area contributed by atoms with Crippen molar-refractivity contribution >= 4 is 28.3 Å². The third-order valence-electron chi connectivity index (χ3n) is 6.64. The third-order valence-corrected chi connectivity index (χ3v) is 7.52. The molecular formula is C27H28N6O4S. The Balaban J connectivity index is 1.28. The van der Waals surface area contributed by atoms with Crippen LogP contribution in [0.1, 0.15) is 41.4 Å². The van der Waals surface area contributed by atoms with Crippen LogP contribution in [0.25, 0.3) is 5.69 Å². The summed E-state index contributed by atoms with van der Waals surface area (Å²) in [5.74, 6) is -1.59. The molecule has 0 unspecified atom stereocenters. The zero-order valence-electron chi connectivity index (χ0n) is 20.9. The molecule has 0 aliphatic carbocycles. The standard InChI is InChI=1S/C27H28N6O4S/c1-16(17-8-10-19(11-9-17)33-13-5-12-29-33)30-25(36)23(34)24(35)26(37)32-14-18-6-3-4-7-20(18)22(32)21-15-38-27(28-2)31-21/h3-13,15-16,22-24,34-35H,14H2,1-2H3,(H,28,31)(H,30,36)/t16-,22+,23-,24-/m1/s1. The molecule has 11 heteroatoms. The number of aliphatic hydroxyl groups excluding tert-OH is 2. The number of fused-ring (bicyclic) bond motifs is 1. The summed E-state index contributed by atoms with van der Waals surface area (Å²) in [7, 11) is 1.77. The minimum Gasteiger partial charge on any atom is -0.380 e. The number of thiazole rings is 1. The topological polar surface area (TPSA) is 133 Å². The van der Waals surface area contributed by atoms with Gasteiger partial charge in [0.1, 0.15) is 6.04 Å². The van der Waals surface area contributed by atoms with Crippen molar-refractivity contribution in [2.75, 3.05) is 12.4 Å². The van der Waals surface area contributed by atoms with Gasteiger partial charge in [-0.1, -0.05) is 36.4 Å². The van der Waals surface area contributed by atoms with Gasteiger partial charge in [0.25, 0.3) is 11.8 Å². The predicted molar refractivity (Wildman–Crippen MR) is 143 cm³/mol. The fraction of sp³-hybridized carbons (Fsp3) is 0.259. The van der Waals surface area contributed by atoms with E-state index in [2.05, 4.69) is 20.7 Å². The van der Waals surface area contributed by atoms with Crippen molar-refractivity contribution in [3.8, 4) is 5.69 Å². The number of aromatic nitrogens is 3. The molecular weight excluding hydrogens is 504 g/mol. The number of rotatable bonds is 8. The molecule has 3 heterocycles. The average Bonchev–Trinajstić information content (AvgIpc) is 3.71. The van der Waals surface area contributed by atoms with Gasteiger partial charge in [0.05, 0.1) is 17.4 Å². The zero-order valence-corrected chi connectivity index (χ0v) is 21.7. The van der Waals surface area contributed by atoms with Crippen molar-refractivity contribution in [2.45, 2.75) is 37.8 Å². The molecule has 0 saturated carbocycles. The van der Waals surface area contributed by atoms with Crippen LogP contribution in [0, 0.1) is 0 Å². The number of nitrogens with zero attached hydrogens (tertiary/aromatic N) is 4. The van der Waals surface area contributed by atoms with Crippen molar-refractivity contribution in [3.63, 3.8) is 0 Å². The maximum Gasteiger partial charge on any atom is 0.255 e. The van der Waals surface area contributed by atoms with Crippen LogP contribution in [-0.2, 0) is 16.1 Å². The summed E-state index contributed by atoms with van der Waals surface area (Å²) >= 11 is 1.41. The van der Waals surface area contributed by atoms with E-state index >= 15 is 0 Å². The lowest BCUT2D eigenvalue weighted by Gasteiger charge is -2.28. The van der Waals surface area contributed by atoms with Gasteiger partial charge >= 0.3 is 0 Å². The summed E-state index contributed by atoms with van der Waals surface area (Å²) in [5, 5.41) is 33.9. The molecule has 2 amide bonds. The first-order valence-electron chi connectivity index (χ1n) is 12.2. The minimum absolute atomic E-state index is 0.233. The van der Waals surface area contributed by atoms with Crippen LogP contribution >= 0.6 is 11.3 Å². The van der Waals surface area contributed by atoms with Crippen molar-refractivity contribution < 1.29 is 19.8 Å². The molecule has 0 fully saturated rings. The molecule has 0 spiro atoms. The molecule has 1 aliphatic heterocycles. The van der Waals surface area contributed by atoms with Crippen LogP contribution in [0.3, 0.4) is 0 Å².